The van der Waals surface area contributed by atoms with Gasteiger partial charge in [0.1, 0.15) is 18.3 Å². The molecule has 1 N–H and O–H groups in total. The number of carbonyl (C=O) groups excluding carboxylic acids is 1. The lowest BCUT2D eigenvalue weighted by Gasteiger charge is -2.35. The van der Waals surface area contributed by atoms with Crippen LogP contribution >= 0.6 is 0 Å². The molecule has 5 rings (SSSR count). The molecule has 2 aliphatic heterocycles. The van der Waals surface area contributed by atoms with Crippen LogP contribution in [0.25, 0.3) is 5.82 Å². The number of amides is 1. The Kier molecular flexibility index (Phi) is 10.4. The van der Waals surface area contributed by atoms with Gasteiger partial charge in [0.2, 0.25) is 5.91 Å². The molecule has 39 heavy (non-hydrogen) atoms. The highest BCUT2D eigenvalue weighted by Crippen LogP contribution is 2.33. The van der Waals surface area contributed by atoms with E-state index in [0.29, 0.717) is 11.7 Å². The fourth-order valence-corrected chi connectivity index (χ4v) is 5.47. The number of pyridine rings is 1. The van der Waals surface area contributed by atoms with Gasteiger partial charge in [-0.05, 0) is 76.7 Å². The summed E-state index contributed by atoms with van der Waals surface area (Å²) in [5.74, 6) is 2.81. The Morgan fingerprint density at radius 3 is 2.56 bits per heavy atom. The number of rotatable bonds is 7. The van der Waals surface area contributed by atoms with E-state index in [1.54, 1.807) is 4.68 Å². The number of nitrogens with zero attached hydrogens (tertiary/aromatic N) is 7. The Morgan fingerprint density at radius 1 is 1.15 bits per heavy atom. The number of nitrogens with one attached hydrogen (secondary N) is 1. The number of likely N-dealkylation sites (tertiary alicyclic amines) is 1. The van der Waals surface area contributed by atoms with E-state index in [0.717, 1.165) is 74.5 Å². The number of allylic oxidation sites excluding steroid dienone is 1. The van der Waals surface area contributed by atoms with E-state index in [1.165, 1.54) is 32.6 Å². The third-order valence-corrected chi connectivity index (χ3v) is 7.63. The molecule has 2 aromatic heterocycles. The van der Waals surface area contributed by atoms with Gasteiger partial charge in [-0.3, -0.25) is 9.79 Å². The summed E-state index contributed by atoms with van der Waals surface area (Å²) < 4.78 is 1.76. The predicted octanol–water partition coefficient (Wildman–Crippen LogP) is 5.33. The van der Waals surface area contributed by atoms with Crippen LogP contribution in [0.2, 0.25) is 0 Å². The molecule has 1 saturated heterocycles. The van der Waals surface area contributed by atoms with E-state index >= 15 is 0 Å². The Morgan fingerprint density at radius 2 is 1.92 bits per heavy atom. The molecule has 1 aliphatic carbocycles. The number of hydrogen-bond donors (Lipinski definition) is 1. The van der Waals surface area contributed by atoms with Crippen LogP contribution < -0.4 is 5.32 Å². The molecule has 0 radical (unpaired) electrons. The van der Waals surface area contributed by atoms with Gasteiger partial charge in [-0.15, -0.1) is 0 Å². The lowest BCUT2D eigenvalue weighted by Crippen LogP contribution is -2.39. The SMILES string of the molecule is CC(=O)Nc1cc(C2CCN(C3CCCC3)CC2)nn1-c1ccc(C)cn1.CC/C=N\C1=CC=NCN1CC. The van der Waals surface area contributed by atoms with Crippen LogP contribution in [0.4, 0.5) is 5.82 Å². The zero-order valence-corrected chi connectivity index (χ0v) is 24.0. The van der Waals surface area contributed by atoms with Gasteiger partial charge in [-0.1, -0.05) is 25.8 Å². The lowest BCUT2D eigenvalue weighted by molar-refractivity contribution is -0.114. The van der Waals surface area contributed by atoms with Gasteiger partial charge in [-0.2, -0.15) is 9.78 Å². The number of piperidine rings is 1. The second-order valence-corrected chi connectivity index (χ2v) is 10.6. The van der Waals surface area contributed by atoms with E-state index in [2.05, 4.69) is 43.9 Å². The molecule has 0 bridgehead atoms. The Hall–Kier alpha value is -3.33. The van der Waals surface area contributed by atoms with Gasteiger partial charge < -0.3 is 15.1 Å². The van der Waals surface area contributed by atoms with Gasteiger partial charge in [-0.25, -0.2) is 9.98 Å². The van der Waals surface area contributed by atoms with Gasteiger partial charge in [0.25, 0.3) is 0 Å². The molecule has 0 aromatic carbocycles. The topological polar surface area (TPSA) is 91.0 Å². The van der Waals surface area contributed by atoms with Crippen LogP contribution in [0.5, 0.6) is 0 Å². The maximum absolute atomic E-state index is 11.6. The van der Waals surface area contributed by atoms with Crippen LogP contribution in [0.3, 0.4) is 0 Å². The van der Waals surface area contributed by atoms with Crippen molar-refractivity contribution in [3.05, 3.63) is 47.6 Å². The molecule has 9 heteroatoms. The van der Waals surface area contributed by atoms with Crippen molar-refractivity contribution in [2.24, 2.45) is 9.98 Å². The summed E-state index contributed by atoms with van der Waals surface area (Å²) in [7, 11) is 0. The maximum atomic E-state index is 11.6. The largest absolute Gasteiger partial charge is 0.337 e. The Labute approximate surface area is 233 Å². The van der Waals surface area contributed by atoms with Crippen molar-refractivity contribution in [3.63, 3.8) is 0 Å². The van der Waals surface area contributed by atoms with Crippen molar-refractivity contribution in [2.45, 2.75) is 84.6 Å². The monoisotopic (exact) mass is 532 g/mol. The first-order valence-electron chi connectivity index (χ1n) is 14.5. The van der Waals surface area contributed by atoms with E-state index < -0.39 is 0 Å². The predicted molar refractivity (Wildman–Crippen MR) is 159 cm³/mol. The number of aromatic nitrogens is 3. The second kappa shape index (κ2) is 14.2. The second-order valence-electron chi connectivity index (χ2n) is 10.6. The minimum absolute atomic E-state index is 0.0918. The summed E-state index contributed by atoms with van der Waals surface area (Å²) in [4.78, 5) is 29.4. The molecule has 0 atom stereocenters. The smallest absolute Gasteiger partial charge is 0.222 e. The molecule has 0 unspecified atom stereocenters. The first-order chi connectivity index (χ1) is 19.0. The number of aryl methyl sites for hydroxylation is 1. The third-order valence-electron chi connectivity index (χ3n) is 7.63. The summed E-state index contributed by atoms with van der Waals surface area (Å²) in [5.41, 5.74) is 2.17. The lowest BCUT2D eigenvalue weighted by atomic mass is 9.92. The van der Waals surface area contributed by atoms with Crippen molar-refractivity contribution in [1.82, 2.24) is 24.6 Å². The first-order valence-corrected chi connectivity index (χ1v) is 14.5. The standard InChI is InChI=1S/C21H29N5O.C9H15N3/c1-15-7-8-20(22-14-15)26-21(23-16(2)27)13-19(24-26)17-9-11-25(12-10-17)18-5-3-4-6-18;1-3-6-11-9-5-7-10-8-12(9)4-2/h7-8,13-14,17-18H,3-6,9-12H2,1-2H3,(H,23,27);5-7H,3-4,8H2,1-2H3/b;11-6-. The van der Waals surface area contributed by atoms with Crippen LogP contribution in [0.1, 0.15) is 82.9 Å². The van der Waals surface area contributed by atoms with E-state index in [4.69, 9.17) is 5.10 Å². The molecule has 2 fully saturated rings. The van der Waals surface area contributed by atoms with Crippen molar-refractivity contribution >= 4 is 24.2 Å². The molecule has 2 aromatic rings. The summed E-state index contributed by atoms with van der Waals surface area (Å²) in [6.07, 6.45) is 16.3. The molecule has 210 valence electrons. The highest BCUT2D eigenvalue weighted by atomic mass is 16.1. The Balaban J connectivity index is 0.000000247. The maximum Gasteiger partial charge on any atom is 0.222 e. The highest BCUT2D eigenvalue weighted by molar-refractivity contribution is 5.88. The molecule has 0 spiro atoms. The molecule has 3 aliphatic rings. The van der Waals surface area contributed by atoms with E-state index in [1.807, 2.05) is 49.8 Å². The Bertz CT molecular complexity index is 1150. The summed E-state index contributed by atoms with van der Waals surface area (Å²) in [5, 5.41) is 7.74. The fraction of sp³-hybridized carbons (Fsp3) is 0.567. The molecular weight excluding hydrogens is 488 g/mol. The van der Waals surface area contributed by atoms with Gasteiger partial charge >= 0.3 is 0 Å². The molecule has 1 amide bonds. The van der Waals surface area contributed by atoms with Crippen LogP contribution in [-0.4, -0.2) is 75.2 Å². The van der Waals surface area contributed by atoms with Crippen molar-refractivity contribution < 1.29 is 4.79 Å². The van der Waals surface area contributed by atoms with Crippen molar-refractivity contribution in [3.8, 4) is 5.82 Å². The minimum atomic E-state index is -0.0918. The van der Waals surface area contributed by atoms with Gasteiger partial charge in [0.05, 0.1) is 5.69 Å². The molecular formula is C30H44N8O. The summed E-state index contributed by atoms with van der Waals surface area (Å²) in [6.45, 7) is 11.7. The van der Waals surface area contributed by atoms with E-state index in [-0.39, 0.29) is 5.91 Å². The summed E-state index contributed by atoms with van der Waals surface area (Å²) >= 11 is 0. The van der Waals surface area contributed by atoms with Gasteiger partial charge in [0.15, 0.2) is 5.82 Å². The number of aliphatic imine (C=N–C) groups is 2. The van der Waals surface area contributed by atoms with Crippen LogP contribution in [-0.2, 0) is 4.79 Å². The average molecular weight is 533 g/mol. The van der Waals surface area contributed by atoms with E-state index in [9.17, 15) is 4.79 Å². The summed E-state index contributed by atoms with van der Waals surface area (Å²) in [6, 6.07) is 6.79. The first kappa shape index (κ1) is 28.7. The third kappa shape index (κ3) is 7.85. The van der Waals surface area contributed by atoms with Crippen LogP contribution in [0, 0.1) is 6.92 Å². The number of hydrogen-bond acceptors (Lipinski definition) is 7. The van der Waals surface area contributed by atoms with Crippen molar-refractivity contribution in [1.29, 1.82) is 0 Å². The quantitative estimate of drug-likeness (QED) is 0.487. The molecule has 9 nitrogen and oxygen atoms in total. The van der Waals surface area contributed by atoms with Crippen molar-refractivity contribution in [2.75, 3.05) is 31.6 Å². The van der Waals surface area contributed by atoms with Gasteiger partial charge in [0, 0.05) is 50.1 Å². The zero-order valence-electron chi connectivity index (χ0n) is 24.0. The highest BCUT2D eigenvalue weighted by Gasteiger charge is 2.29. The fourth-order valence-electron chi connectivity index (χ4n) is 5.47. The number of carbonyl (C=O) groups is 1. The average Bonchev–Trinajstić information content (AvgIpc) is 3.64. The number of anilines is 1. The minimum Gasteiger partial charge on any atom is -0.337 e. The normalized spacial score (nSPS) is 18.8. The molecule has 4 heterocycles. The zero-order chi connectivity index (χ0) is 27.6. The molecule has 1 saturated carbocycles. The van der Waals surface area contributed by atoms with Crippen LogP contribution in [0.15, 0.2) is 46.3 Å².